The maximum absolute atomic E-state index is 12.1. The number of aliphatic hydroxyl groups is 1. The molecule has 2 amide bonds. The zero-order chi connectivity index (χ0) is 26.9. The van der Waals surface area contributed by atoms with Gasteiger partial charge in [0, 0.05) is 43.3 Å². The van der Waals surface area contributed by atoms with Crippen molar-refractivity contribution in [3.63, 3.8) is 0 Å². The van der Waals surface area contributed by atoms with Crippen molar-refractivity contribution >= 4 is 11.7 Å². The Labute approximate surface area is 226 Å². The van der Waals surface area contributed by atoms with Crippen LogP contribution in [0.5, 0.6) is 0 Å². The number of hydrogen-bond acceptors (Lipinski definition) is 5. The van der Waals surface area contributed by atoms with E-state index in [1.165, 1.54) is 19.3 Å². The monoisotopic (exact) mass is 521 g/mol. The van der Waals surface area contributed by atoms with Crippen molar-refractivity contribution in [1.29, 1.82) is 0 Å². The van der Waals surface area contributed by atoms with Gasteiger partial charge in [-0.1, -0.05) is 57.2 Å². The van der Waals surface area contributed by atoms with E-state index in [0.29, 0.717) is 29.1 Å². The Bertz CT molecular complexity index is 1120. The number of aliphatic hydroxyl groups excluding tert-OH is 1. The Kier molecular flexibility index (Phi) is 7.83. The number of nitrogens with zero attached hydrogens (tertiary/aromatic N) is 1. The summed E-state index contributed by atoms with van der Waals surface area (Å²) in [6.07, 6.45) is 3.89. The molecular weight excluding hydrogens is 478 g/mol. The summed E-state index contributed by atoms with van der Waals surface area (Å²) in [5.41, 5.74) is 4.31. The summed E-state index contributed by atoms with van der Waals surface area (Å²) in [6, 6.07) is 16.1. The first-order valence-electron chi connectivity index (χ1n) is 14.0. The Morgan fingerprint density at radius 1 is 1.08 bits per heavy atom. The van der Waals surface area contributed by atoms with E-state index in [0.717, 1.165) is 36.2 Å². The molecular formula is C31H43N3O4. The standard InChI is InChI=1S/C31H43N3O4/c1-5-32-29(36)33-24-8-6-7-23(13-24)28-37-26(14-27(38-28)22-11-9-21(18-35)10-12-22)17-34-20-31(4)16-25(34)15-30(2,3)19-31/h6-13,25-28,35H,5,14-20H2,1-4H3,(H2,32,33,36)/t25?,26-,27+,28+,31?/m0/s1. The summed E-state index contributed by atoms with van der Waals surface area (Å²) in [6.45, 7) is 11.8. The summed E-state index contributed by atoms with van der Waals surface area (Å²) in [5.74, 6) is 0. The number of anilines is 1. The molecule has 2 aliphatic heterocycles. The van der Waals surface area contributed by atoms with Crippen LogP contribution in [0.3, 0.4) is 0 Å². The predicted molar refractivity (Wildman–Crippen MR) is 149 cm³/mol. The SMILES string of the molecule is CCNC(=O)Nc1cccc([C@@H]2O[C@H](CN3CC4(C)CC3CC(C)(C)C4)C[C@H](c3ccc(CO)cc3)O2)c1. The lowest BCUT2D eigenvalue weighted by Gasteiger charge is -2.41. The lowest BCUT2D eigenvalue weighted by molar-refractivity contribution is -0.253. The molecule has 3 aliphatic rings. The number of hydrogen-bond donors (Lipinski definition) is 3. The zero-order valence-electron chi connectivity index (χ0n) is 23.2. The largest absolute Gasteiger partial charge is 0.392 e. The van der Waals surface area contributed by atoms with Crippen LogP contribution in [0.1, 0.15) is 82.5 Å². The van der Waals surface area contributed by atoms with Crippen LogP contribution in [-0.4, -0.2) is 47.8 Å². The molecule has 7 heteroatoms. The number of amides is 2. The number of urea groups is 1. The van der Waals surface area contributed by atoms with Crippen LogP contribution in [0.25, 0.3) is 0 Å². The van der Waals surface area contributed by atoms with E-state index in [-0.39, 0.29) is 24.8 Å². The topological polar surface area (TPSA) is 83.1 Å². The van der Waals surface area contributed by atoms with E-state index >= 15 is 0 Å². The van der Waals surface area contributed by atoms with Crippen LogP contribution in [0.2, 0.25) is 0 Å². The lowest BCUT2D eigenvalue weighted by atomic mass is 9.65. The van der Waals surface area contributed by atoms with Gasteiger partial charge in [-0.05, 0) is 60.3 Å². The van der Waals surface area contributed by atoms with Crippen molar-refractivity contribution in [2.75, 3.05) is 25.0 Å². The zero-order valence-corrected chi connectivity index (χ0v) is 23.2. The fourth-order valence-corrected chi connectivity index (χ4v) is 7.18. The van der Waals surface area contributed by atoms with Crippen LogP contribution < -0.4 is 10.6 Å². The quantitative estimate of drug-likeness (QED) is 0.431. The van der Waals surface area contributed by atoms with Gasteiger partial charge in [-0.15, -0.1) is 0 Å². The minimum Gasteiger partial charge on any atom is -0.392 e. The lowest BCUT2D eigenvalue weighted by Crippen LogP contribution is -2.42. The van der Waals surface area contributed by atoms with Crippen LogP contribution in [0, 0.1) is 10.8 Å². The summed E-state index contributed by atoms with van der Waals surface area (Å²) in [7, 11) is 0. The highest BCUT2D eigenvalue weighted by atomic mass is 16.7. The normalized spacial score (nSPS) is 30.7. The molecule has 2 aromatic rings. The minimum atomic E-state index is -0.540. The van der Waals surface area contributed by atoms with Crippen LogP contribution in [0.15, 0.2) is 48.5 Å². The molecule has 0 radical (unpaired) electrons. The van der Waals surface area contributed by atoms with Gasteiger partial charge < -0.3 is 25.2 Å². The van der Waals surface area contributed by atoms with Gasteiger partial charge in [-0.3, -0.25) is 4.90 Å². The van der Waals surface area contributed by atoms with Crippen LogP contribution in [-0.2, 0) is 16.1 Å². The highest BCUT2D eigenvalue weighted by Gasteiger charge is 2.50. The van der Waals surface area contributed by atoms with Gasteiger partial charge in [0.2, 0.25) is 0 Å². The number of fused-ring (bicyclic) bond motifs is 2. The predicted octanol–water partition coefficient (Wildman–Crippen LogP) is 5.77. The second-order valence-corrected chi connectivity index (χ2v) is 12.6. The van der Waals surface area contributed by atoms with Gasteiger partial charge in [0.25, 0.3) is 0 Å². The third-order valence-electron chi connectivity index (χ3n) is 8.33. The first-order chi connectivity index (χ1) is 18.1. The molecule has 1 aliphatic carbocycles. The number of benzene rings is 2. The molecule has 3 N–H and O–H groups in total. The Balaban J connectivity index is 1.37. The third-order valence-corrected chi connectivity index (χ3v) is 8.33. The van der Waals surface area contributed by atoms with Crippen LogP contribution >= 0.6 is 0 Å². The van der Waals surface area contributed by atoms with Crippen molar-refractivity contribution in [3.8, 4) is 0 Å². The summed E-state index contributed by atoms with van der Waals surface area (Å²) < 4.78 is 13.2. The second-order valence-electron chi connectivity index (χ2n) is 12.6. The van der Waals surface area contributed by atoms with Gasteiger partial charge in [0.05, 0.1) is 18.8 Å². The molecule has 5 rings (SSSR count). The van der Waals surface area contributed by atoms with E-state index in [2.05, 4.69) is 48.4 Å². The Morgan fingerprint density at radius 2 is 1.87 bits per heavy atom. The molecule has 2 aromatic carbocycles. The number of ether oxygens (including phenoxy) is 2. The molecule has 2 heterocycles. The molecule has 3 fully saturated rings. The Hall–Kier alpha value is -2.45. The van der Waals surface area contributed by atoms with Crippen molar-refractivity contribution in [1.82, 2.24) is 10.2 Å². The molecule has 0 spiro atoms. The van der Waals surface area contributed by atoms with Gasteiger partial charge in [-0.25, -0.2) is 4.79 Å². The molecule has 2 bridgehead atoms. The van der Waals surface area contributed by atoms with Gasteiger partial charge in [0.1, 0.15) is 0 Å². The molecule has 2 unspecified atom stereocenters. The second kappa shape index (κ2) is 11.0. The van der Waals surface area contributed by atoms with E-state index in [9.17, 15) is 9.90 Å². The highest BCUT2D eigenvalue weighted by Crippen LogP contribution is 2.53. The number of rotatable bonds is 7. The van der Waals surface area contributed by atoms with Crippen molar-refractivity contribution in [2.24, 2.45) is 10.8 Å². The summed E-state index contributed by atoms with van der Waals surface area (Å²) >= 11 is 0. The fourth-order valence-electron chi connectivity index (χ4n) is 7.18. The van der Waals surface area contributed by atoms with E-state index in [1.54, 1.807) is 0 Å². The molecule has 206 valence electrons. The van der Waals surface area contributed by atoms with Crippen molar-refractivity contribution < 1.29 is 19.4 Å². The average Bonchev–Trinajstić information content (AvgIpc) is 3.11. The maximum Gasteiger partial charge on any atom is 0.319 e. The number of carbonyl (C=O) groups excluding carboxylic acids is 1. The molecule has 2 saturated heterocycles. The number of nitrogens with one attached hydrogen (secondary N) is 2. The fraction of sp³-hybridized carbons (Fsp3) is 0.581. The third kappa shape index (κ3) is 6.23. The first-order valence-corrected chi connectivity index (χ1v) is 14.0. The van der Waals surface area contributed by atoms with E-state index in [4.69, 9.17) is 9.47 Å². The van der Waals surface area contributed by atoms with Crippen LogP contribution in [0.4, 0.5) is 10.5 Å². The molecule has 38 heavy (non-hydrogen) atoms. The van der Waals surface area contributed by atoms with Crippen molar-refractivity contribution in [3.05, 3.63) is 65.2 Å². The average molecular weight is 522 g/mol. The van der Waals surface area contributed by atoms with Gasteiger partial charge in [-0.2, -0.15) is 0 Å². The van der Waals surface area contributed by atoms with Gasteiger partial charge >= 0.3 is 6.03 Å². The number of likely N-dealkylation sites (tertiary alicyclic amines) is 1. The molecule has 1 saturated carbocycles. The maximum atomic E-state index is 12.1. The van der Waals surface area contributed by atoms with E-state index < -0.39 is 6.29 Å². The number of carbonyl (C=O) groups is 1. The smallest absolute Gasteiger partial charge is 0.319 e. The summed E-state index contributed by atoms with van der Waals surface area (Å²) in [5, 5.41) is 15.2. The van der Waals surface area contributed by atoms with Gasteiger partial charge in [0.15, 0.2) is 6.29 Å². The highest BCUT2D eigenvalue weighted by molar-refractivity contribution is 5.89. The first kappa shape index (κ1) is 27.1. The molecule has 7 nitrogen and oxygen atoms in total. The minimum absolute atomic E-state index is 0.0161. The Morgan fingerprint density at radius 3 is 2.61 bits per heavy atom. The molecule has 5 atom stereocenters. The van der Waals surface area contributed by atoms with Crippen molar-refractivity contribution in [2.45, 2.75) is 84.5 Å². The molecule has 0 aromatic heterocycles. The van der Waals surface area contributed by atoms with E-state index in [1.807, 2.05) is 43.3 Å². The summed E-state index contributed by atoms with van der Waals surface area (Å²) in [4.78, 5) is 14.8.